The molecule has 104 valence electrons. The third kappa shape index (κ3) is 3.61. The van der Waals surface area contributed by atoms with E-state index >= 15 is 0 Å². The summed E-state index contributed by atoms with van der Waals surface area (Å²) in [5.41, 5.74) is 0.572. The highest BCUT2D eigenvalue weighted by Crippen LogP contribution is 2.12. The fourth-order valence-electron chi connectivity index (χ4n) is 1.65. The first-order chi connectivity index (χ1) is 9.08. The molecule has 0 amide bonds. The smallest absolute Gasteiger partial charge is 0.355 e. The van der Waals surface area contributed by atoms with Crippen molar-refractivity contribution in [3.8, 4) is 0 Å². The van der Waals surface area contributed by atoms with E-state index in [1.54, 1.807) is 18.3 Å². The standard InChI is InChI=1S/C13H10N2O4.BrH/c16-12(17)10-6-8(7-15-11(10)13(18)19)5-9-3-1-2-4-14-9;/h1-4,6-7H,5H2,(H,16,17)(H,18,19);1H. The molecule has 2 aromatic rings. The third-order valence-electron chi connectivity index (χ3n) is 2.49. The van der Waals surface area contributed by atoms with Crippen molar-refractivity contribution < 1.29 is 19.8 Å². The van der Waals surface area contributed by atoms with E-state index in [0.29, 0.717) is 12.0 Å². The summed E-state index contributed by atoms with van der Waals surface area (Å²) in [6.45, 7) is 0. The lowest BCUT2D eigenvalue weighted by Gasteiger charge is -2.04. The van der Waals surface area contributed by atoms with Gasteiger partial charge in [0.2, 0.25) is 0 Å². The van der Waals surface area contributed by atoms with Gasteiger partial charge in [-0.2, -0.15) is 0 Å². The Morgan fingerprint density at radius 1 is 1.10 bits per heavy atom. The Kier molecular flexibility index (Phi) is 5.33. The van der Waals surface area contributed by atoms with Gasteiger partial charge in [-0.25, -0.2) is 14.6 Å². The van der Waals surface area contributed by atoms with Gasteiger partial charge in [-0.15, -0.1) is 17.0 Å². The number of hydrogen-bond acceptors (Lipinski definition) is 4. The molecular weight excluding hydrogens is 328 g/mol. The lowest BCUT2D eigenvalue weighted by atomic mass is 10.1. The lowest BCUT2D eigenvalue weighted by molar-refractivity contribution is 0.0646. The van der Waals surface area contributed by atoms with Crippen LogP contribution in [0, 0.1) is 0 Å². The minimum atomic E-state index is -1.36. The maximum atomic E-state index is 11.0. The van der Waals surface area contributed by atoms with Gasteiger partial charge in [-0.05, 0) is 23.8 Å². The van der Waals surface area contributed by atoms with E-state index in [9.17, 15) is 9.59 Å². The molecule has 0 aliphatic rings. The maximum absolute atomic E-state index is 11.0. The molecule has 0 radical (unpaired) electrons. The zero-order valence-electron chi connectivity index (χ0n) is 10.2. The normalized spacial score (nSPS) is 9.60. The summed E-state index contributed by atoms with van der Waals surface area (Å²) in [5, 5.41) is 17.8. The Morgan fingerprint density at radius 2 is 1.85 bits per heavy atom. The molecule has 0 atom stereocenters. The Labute approximate surface area is 124 Å². The number of carboxylic acid groups (broad SMARTS) is 2. The molecule has 2 aromatic heterocycles. The van der Waals surface area contributed by atoms with Crippen LogP contribution in [0.25, 0.3) is 0 Å². The molecule has 0 saturated heterocycles. The minimum Gasteiger partial charge on any atom is -0.478 e. The molecule has 0 aliphatic carbocycles. The first-order valence-corrected chi connectivity index (χ1v) is 5.43. The zero-order chi connectivity index (χ0) is 13.8. The molecule has 0 unspecified atom stereocenters. The van der Waals surface area contributed by atoms with Gasteiger partial charge in [-0.1, -0.05) is 6.07 Å². The molecule has 0 spiro atoms. The topological polar surface area (TPSA) is 100 Å². The maximum Gasteiger partial charge on any atom is 0.355 e. The molecule has 0 aromatic carbocycles. The highest BCUT2D eigenvalue weighted by atomic mass is 79.9. The molecule has 0 saturated carbocycles. The highest BCUT2D eigenvalue weighted by molar-refractivity contribution is 8.93. The Morgan fingerprint density at radius 3 is 2.40 bits per heavy atom. The summed E-state index contributed by atoms with van der Waals surface area (Å²) in [6, 6.07) is 6.70. The summed E-state index contributed by atoms with van der Waals surface area (Å²) in [5.74, 6) is -2.67. The van der Waals surface area contributed by atoms with Gasteiger partial charge < -0.3 is 10.2 Å². The van der Waals surface area contributed by atoms with Crippen molar-refractivity contribution in [1.82, 2.24) is 9.97 Å². The zero-order valence-corrected chi connectivity index (χ0v) is 11.9. The predicted molar refractivity (Wildman–Crippen MR) is 75.5 cm³/mol. The number of aromatic nitrogens is 2. The van der Waals surface area contributed by atoms with Crippen LogP contribution in [0.4, 0.5) is 0 Å². The van der Waals surface area contributed by atoms with Crippen LogP contribution in [0.15, 0.2) is 36.7 Å². The van der Waals surface area contributed by atoms with E-state index in [2.05, 4.69) is 9.97 Å². The number of hydrogen-bond donors (Lipinski definition) is 2. The molecule has 0 bridgehead atoms. The van der Waals surface area contributed by atoms with Gasteiger partial charge in [0.25, 0.3) is 0 Å². The predicted octanol–water partition coefficient (Wildman–Crippen LogP) is 2.04. The number of pyridine rings is 2. The van der Waals surface area contributed by atoms with E-state index in [4.69, 9.17) is 10.2 Å². The van der Waals surface area contributed by atoms with E-state index in [1.807, 2.05) is 6.07 Å². The van der Waals surface area contributed by atoms with Crippen molar-refractivity contribution in [3.05, 3.63) is 59.2 Å². The van der Waals surface area contributed by atoms with Crippen molar-refractivity contribution >= 4 is 28.9 Å². The van der Waals surface area contributed by atoms with Crippen LogP contribution in [0.5, 0.6) is 0 Å². The Bertz CT molecular complexity index is 632. The van der Waals surface area contributed by atoms with Crippen molar-refractivity contribution in [3.63, 3.8) is 0 Å². The van der Waals surface area contributed by atoms with Gasteiger partial charge >= 0.3 is 11.9 Å². The number of halogens is 1. The monoisotopic (exact) mass is 338 g/mol. The molecule has 20 heavy (non-hydrogen) atoms. The van der Waals surface area contributed by atoms with Crippen LogP contribution >= 0.6 is 17.0 Å². The van der Waals surface area contributed by atoms with Gasteiger partial charge in [-0.3, -0.25) is 4.98 Å². The van der Waals surface area contributed by atoms with Crippen LogP contribution in [-0.4, -0.2) is 32.1 Å². The third-order valence-corrected chi connectivity index (χ3v) is 2.49. The van der Waals surface area contributed by atoms with Gasteiger partial charge in [0.1, 0.15) is 0 Å². The van der Waals surface area contributed by atoms with Crippen molar-refractivity contribution in [2.24, 2.45) is 0 Å². The van der Waals surface area contributed by atoms with Crippen LogP contribution in [0.2, 0.25) is 0 Å². The first-order valence-electron chi connectivity index (χ1n) is 5.43. The number of nitrogens with zero attached hydrogens (tertiary/aromatic N) is 2. The molecule has 0 fully saturated rings. The first kappa shape index (κ1) is 15.8. The van der Waals surface area contributed by atoms with Gasteiger partial charge in [0.05, 0.1) is 5.56 Å². The number of rotatable bonds is 4. The molecule has 0 aliphatic heterocycles. The van der Waals surface area contributed by atoms with E-state index in [-0.39, 0.29) is 22.5 Å². The van der Waals surface area contributed by atoms with Crippen LogP contribution in [0.3, 0.4) is 0 Å². The molecule has 7 heteroatoms. The van der Waals surface area contributed by atoms with E-state index in [0.717, 1.165) is 5.69 Å². The highest BCUT2D eigenvalue weighted by Gasteiger charge is 2.18. The van der Waals surface area contributed by atoms with Crippen LogP contribution in [-0.2, 0) is 6.42 Å². The average Bonchev–Trinajstić information content (AvgIpc) is 2.39. The fourth-order valence-corrected chi connectivity index (χ4v) is 1.65. The van der Waals surface area contributed by atoms with Crippen molar-refractivity contribution in [2.75, 3.05) is 0 Å². The second-order valence-electron chi connectivity index (χ2n) is 3.85. The lowest BCUT2D eigenvalue weighted by Crippen LogP contribution is -2.11. The number of aromatic carboxylic acids is 2. The minimum absolute atomic E-state index is 0. The molecule has 6 nitrogen and oxygen atoms in total. The number of carbonyl (C=O) groups is 2. The van der Waals surface area contributed by atoms with Crippen LogP contribution in [0.1, 0.15) is 32.1 Å². The van der Waals surface area contributed by atoms with Crippen LogP contribution < -0.4 is 0 Å². The molecule has 2 N–H and O–H groups in total. The SMILES string of the molecule is Br.O=C(O)c1cc(Cc2ccccn2)cnc1C(=O)O. The largest absolute Gasteiger partial charge is 0.478 e. The fraction of sp³-hybridized carbons (Fsp3) is 0.0769. The Balaban J connectivity index is 0.00000200. The van der Waals surface area contributed by atoms with Crippen molar-refractivity contribution in [1.29, 1.82) is 0 Å². The molecule has 2 heterocycles. The molecular formula is C13H11BrN2O4. The number of carboxylic acids is 2. The Hall–Kier alpha value is -2.28. The second-order valence-corrected chi connectivity index (χ2v) is 3.85. The van der Waals surface area contributed by atoms with Crippen molar-refractivity contribution in [2.45, 2.75) is 6.42 Å². The summed E-state index contributed by atoms with van der Waals surface area (Å²) < 4.78 is 0. The summed E-state index contributed by atoms with van der Waals surface area (Å²) in [7, 11) is 0. The van der Waals surface area contributed by atoms with E-state index in [1.165, 1.54) is 12.3 Å². The summed E-state index contributed by atoms with van der Waals surface area (Å²) in [4.78, 5) is 29.7. The van der Waals surface area contributed by atoms with E-state index < -0.39 is 17.6 Å². The summed E-state index contributed by atoms with van der Waals surface area (Å²) in [6.07, 6.45) is 3.38. The quantitative estimate of drug-likeness (QED) is 0.884. The van der Waals surface area contributed by atoms with Gasteiger partial charge in [0, 0.05) is 24.5 Å². The second kappa shape index (κ2) is 6.76. The average molecular weight is 339 g/mol. The molecule has 2 rings (SSSR count). The van der Waals surface area contributed by atoms with Gasteiger partial charge in [0.15, 0.2) is 5.69 Å². The summed E-state index contributed by atoms with van der Waals surface area (Å²) >= 11 is 0.